The fourth-order valence-corrected chi connectivity index (χ4v) is 3.12. The van der Waals surface area contributed by atoms with Crippen LogP contribution in [0.2, 0.25) is 0 Å². The van der Waals surface area contributed by atoms with E-state index in [1.165, 1.54) is 26.3 Å². The molecule has 1 aromatic heterocycles. The molecule has 1 heterocycles. The molecular weight excluding hydrogens is 412 g/mol. The van der Waals surface area contributed by atoms with Crippen LogP contribution >= 0.6 is 0 Å². The van der Waals surface area contributed by atoms with E-state index in [4.69, 9.17) is 14.2 Å². The molecule has 1 aromatic carbocycles. The molecule has 0 fully saturated rings. The Balaban J connectivity index is 2.02. The topological polar surface area (TPSA) is 107 Å². The van der Waals surface area contributed by atoms with Crippen LogP contribution in [0, 0.1) is 0 Å². The Morgan fingerprint density at radius 1 is 1.12 bits per heavy atom. The lowest BCUT2D eigenvalue weighted by Gasteiger charge is -2.26. The Kier molecular flexibility index (Phi) is 9.78. The SMILES string of the molecule is CCCCC[C@H](OC(=O)[C@H](C)NC(=O)c1nccc(OC)c1O)[C@H](C)Oc1ccccc1. The first-order chi connectivity index (χ1) is 15.4. The monoisotopic (exact) mass is 444 g/mol. The largest absolute Gasteiger partial charge is 0.503 e. The van der Waals surface area contributed by atoms with E-state index in [1.54, 1.807) is 0 Å². The summed E-state index contributed by atoms with van der Waals surface area (Å²) < 4.78 is 16.7. The van der Waals surface area contributed by atoms with Crippen LogP contribution in [-0.4, -0.2) is 47.3 Å². The Hall–Kier alpha value is -3.29. The van der Waals surface area contributed by atoms with Gasteiger partial charge in [0, 0.05) is 12.3 Å². The smallest absolute Gasteiger partial charge is 0.328 e. The summed E-state index contributed by atoms with van der Waals surface area (Å²) in [7, 11) is 1.37. The number of para-hydroxylation sites is 1. The maximum atomic E-state index is 12.7. The van der Waals surface area contributed by atoms with E-state index in [0.717, 1.165) is 19.3 Å². The highest BCUT2D eigenvalue weighted by Crippen LogP contribution is 2.27. The molecule has 0 aliphatic rings. The molecule has 8 nitrogen and oxygen atoms in total. The second-order valence-electron chi connectivity index (χ2n) is 7.51. The molecule has 0 saturated carbocycles. The van der Waals surface area contributed by atoms with Crippen LogP contribution in [0.1, 0.15) is 56.9 Å². The van der Waals surface area contributed by atoms with Crippen molar-refractivity contribution in [2.45, 2.75) is 64.7 Å². The van der Waals surface area contributed by atoms with Crippen LogP contribution in [0.4, 0.5) is 0 Å². The zero-order valence-corrected chi connectivity index (χ0v) is 19.0. The lowest BCUT2D eigenvalue weighted by atomic mass is 10.1. The molecular formula is C24H32N2O6. The van der Waals surface area contributed by atoms with Crippen LogP contribution in [0.5, 0.6) is 17.2 Å². The minimum absolute atomic E-state index is 0.114. The molecule has 174 valence electrons. The first-order valence-electron chi connectivity index (χ1n) is 10.8. The molecule has 2 rings (SSSR count). The van der Waals surface area contributed by atoms with Crippen LogP contribution in [0.25, 0.3) is 0 Å². The average molecular weight is 445 g/mol. The first kappa shape index (κ1) is 25.0. The fourth-order valence-electron chi connectivity index (χ4n) is 3.12. The molecule has 32 heavy (non-hydrogen) atoms. The van der Waals surface area contributed by atoms with Crippen LogP contribution in [0.3, 0.4) is 0 Å². The normalized spacial score (nSPS) is 13.5. The number of esters is 1. The first-order valence-corrected chi connectivity index (χ1v) is 10.8. The van der Waals surface area contributed by atoms with Crippen molar-refractivity contribution >= 4 is 11.9 Å². The Labute approximate surface area is 188 Å². The van der Waals surface area contributed by atoms with Gasteiger partial charge in [0.05, 0.1) is 7.11 Å². The van der Waals surface area contributed by atoms with Crippen molar-refractivity contribution in [3.63, 3.8) is 0 Å². The van der Waals surface area contributed by atoms with Gasteiger partial charge in [0.15, 0.2) is 17.2 Å². The Morgan fingerprint density at radius 3 is 2.50 bits per heavy atom. The summed E-state index contributed by atoms with van der Waals surface area (Å²) in [5.41, 5.74) is -0.232. The van der Waals surface area contributed by atoms with Gasteiger partial charge in [-0.15, -0.1) is 0 Å². The standard InChI is InChI=1S/C24H32N2O6/c1-5-6-8-13-19(17(3)31-18-11-9-7-10-12-18)32-24(29)16(2)26-23(28)21-22(27)20(30-4)14-15-25-21/h7,9-12,14-17,19,27H,5-6,8,13H2,1-4H3,(H,26,28)/t16-,17-,19-/m0/s1. The van der Waals surface area contributed by atoms with Crippen LogP contribution in [-0.2, 0) is 9.53 Å². The number of carbonyl (C=O) groups is 2. The molecule has 0 unspecified atom stereocenters. The number of methoxy groups -OCH3 is 1. The zero-order valence-electron chi connectivity index (χ0n) is 19.0. The van der Waals surface area contributed by atoms with E-state index < -0.39 is 29.8 Å². The highest BCUT2D eigenvalue weighted by Gasteiger charge is 2.28. The number of hydrogen-bond donors (Lipinski definition) is 2. The summed E-state index contributed by atoms with van der Waals surface area (Å²) in [6, 6.07) is 9.82. The summed E-state index contributed by atoms with van der Waals surface area (Å²) in [5.74, 6) is -0.885. The van der Waals surface area contributed by atoms with Crippen molar-refractivity contribution < 1.29 is 28.9 Å². The van der Waals surface area contributed by atoms with Gasteiger partial charge in [-0.25, -0.2) is 9.78 Å². The number of nitrogens with zero attached hydrogens (tertiary/aromatic N) is 1. The number of aromatic nitrogens is 1. The predicted molar refractivity (Wildman–Crippen MR) is 120 cm³/mol. The van der Waals surface area contributed by atoms with Gasteiger partial charge >= 0.3 is 5.97 Å². The van der Waals surface area contributed by atoms with E-state index >= 15 is 0 Å². The molecule has 0 aliphatic carbocycles. The van der Waals surface area contributed by atoms with Gasteiger partial charge in [-0.2, -0.15) is 0 Å². The van der Waals surface area contributed by atoms with Gasteiger partial charge in [0.25, 0.3) is 5.91 Å². The van der Waals surface area contributed by atoms with E-state index in [1.807, 2.05) is 37.3 Å². The van der Waals surface area contributed by atoms with Gasteiger partial charge < -0.3 is 24.6 Å². The number of aromatic hydroxyl groups is 1. The molecule has 8 heteroatoms. The number of nitrogens with one attached hydrogen (secondary N) is 1. The maximum Gasteiger partial charge on any atom is 0.328 e. The van der Waals surface area contributed by atoms with Gasteiger partial charge in [-0.3, -0.25) is 4.79 Å². The molecule has 0 aliphatic heterocycles. The number of benzene rings is 1. The van der Waals surface area contributed by atoms with Gasteiger partial charge in [-0.05, 0) is 38.8 Å². The molecule has 2 N–H and O–H groups in total. The second kappa shape index (κ2) is 12.5. The highest BCUT2D eigenvalue weighted by molar-refractivity contribution is 5.97. The van der Waals surface area contributed by atoms with E-state index in [0.29, 0.717) is 12.2 Å². The average Bonchev–Trinajstić information content (AvgIpc) is 2.79. The van der Waals surface area contributed by atoms with E-state index in [9.17, 15) is 14.7 Å². The lowest BCUT2D eigenvalue weighted by Crippen LogP contribution is -2.43. The van der Waals surface area contributed by atoms with Crippen molar-refractivity contribution in [3.05, 3.63) is 48.3 Å². The summed E-state index contributed by atoms with van der Waals surface area (Å²) in [5, 5.41) is 12.6. The second-order valence-corrected chi connectivity index (χ2v) is 7.51. The lowest BCUT2D eigenvalue weighted by molar-refractivity contribution is -0.155. The van der Waals surface area contributed by atoms with Gasteiger partial charge in [-0.1, -0.05) is 38.0 Å². The molecule has 0 bridgehead atoms. The van der Waals surface area contributed by atoms with Crippen molar-refractivity contribution in [1.82, 2.24) is 10.3 Å². The fraction of sp³-hybridized carbons (Fsp3) is 0.458. The predicted octanol–water partition coefficient (Wildman–Crippen LogP) is 3.87. The van der Waals surface area contributed by atoms with E-state index in [-0.39, 0.29) is 17.5 Å². The maximum absolute atomic E-state index is 12.7. The zero-order chi connectivity index (χ0) is 23.5. The molecule has 0 spiro atoms. The third-order valence-corrected chi connectivity index (χ3v) is 4.97. The van der Waals surface area contributed by atoms with Crippen molar-refractivity contribution in [2.24, 2.45) is 0 Å². The van der Waals surface area contributed by atoms with Crippen molar-refractivity contribution in [2.75, 3.05) is 7.11 Å². The van der Waals surface area contributed by atoms with Crippen molar-refractivity contribution in [1.29, 1.82) is 0 Å². The summed E-state index contributed by atoms with van der Waals surface area (Å²) in [6.45, 7) is 5.48. The Morgan fingerprint density at radius 2 is 1.84 bits per heavy atom. The summed E-state index contributed by atoms with van der Waals surface area (Å²) in [4.78, 5) is 29.1. The number of amides is 1. The molecule has 2 aromatic rings. The van der Waals surface area contributed by atoms with E-state index in [2.05, 4.69) is 17.2 Å². The third-order valence-electron chi connectivity index (χ3n) is 4.97. The quantitative estimate of drug-likeness (QED) is 0.378. The van der Waals surface area contributed by atoms with Gasteiger partial charge in [0.1, 0.15) is 24.0 Å². The number of rotatable bonds is 12. The number of carbonyl (C=O) groups excluding carboxylic acids is 2. The number of hydrogen-bond acceptors (Lipinski definition) is 7. The summed E-state index contributed by atoms with van der Waals surface area (Å²) >= 11 is 0. The van der Waals surface area contributed by atoms with Crippen molar-refractivity contribution in [3.8, 4) is 17.2 Å². The number of pyridine rings is 1. The molecule has 0 saturated heterocycles. The summed E-state index contributed by atoms with van der Waals surface area (Å²) in [6.07, 6.45) is 4.08. The number of ether oxygens (including phenoxy) is 3. The highest BCUT2D eigenvalue weighted by atomic mass is 16.6. The minimum atomic E-state index is -0.951. The van der Waals surface area contributed by atoms with Crippen LogP contribution < -0.4 is 14.8 Å². The Bertz CT molecular complexity index is 874. The molecule has 1 amide bonds. The molecule has 3 atom stereocenters. The minimum Gasteiger partial charge on any atom is -0.503 e. The molecule has 0 radical (unpaired) electrons. The number of unbranched alkanes of at least 4 members (excludes halogenated alkanes) is 2. The van der Waals surface area contributed by atoms with Crippen LogP contribution in [0.15, 0.2) is 42.6 Å². The third kappa shape index (κ3) is 7.14. The van der Waals surface area contributed by atoms with Gasteiger partial charge in [0.2, 0.25) is 0 Å².